The van der Waals surface area contributed by atoms with E-state index in [4.69, 9.17) is 9.53 Å². The van der Waals surface area contributed by atoms with Crippen LogP contribution in [0.4, 0.5) is 0 Å². The first-order valence-corrected chi connectivity index (χ1v) is 6.20. The molecular formula is C9H18O3Si. The lowest BCUT2D eigenvalue weighted by Gasteiger charge is -2.07. The molecule has 0 atom stereocenters. The van der Waals surface area contributed by atoms with Gasteiger partial charge in [-0.15, -0.1) is 0 Å². The second-order valence-corrected chi connectivity index (χ2v) is 4.47. The Morgan fingerprint density at radius 1 is 1.54 bits per heavy atom. The average Bonchev–Trinajstić information content (AvgIpc) is 2.20. The minimum absolute atomic E-state index is 0.00849. The van der Waals surface area contributed by atoms with E-state index in [1.807, 2.05) is 0 Å². The normalized spacial score (nSPS) is 19.1. The first kappa shape index (κ1) is 12.4. The van der Waals surface area contributed by atoms with Gasteiger partial charge in [0.25, 0.3) is 0 Å². The molecular weight excluding hydrogens is 184 g/mol. The van der Waals surface area contributed by atoms with Crippen molar-refractivity contribution < 1.29 is 14.3 Å². The van der Waals surface area contributed by atoms with Crippen molar-refractivity contribution in [2.75, 3.05) is 6.61 Å². The molecule has 0 aromatic heterocycles. The maximum Gasteiger partial charge on any atom is 0.330 e. The van der Waals surface area contributed by atoms with Crippen LogP contribution in [0.2, 0.25) is 6.04 Å². The highest BCUT2D eigenvalue weighted by Crippen LogP contribution is 2.01. The Kier molecular flexibility index (Phi) is 7.63. The van der Waals surface area contributed by atoms with E-state index in [0.717, 1.165) is 6.61 Å². The molecule has 0 spiro atoms. The van der Waals surface area contributed by atoms with Crippen molar-refractivity contribution in [2.45, 2.75) is 32.7 Å². The van der Waals surface area contributed by atoms with Gasteiger partial charge in [0, 0.05) is 12.2 Å². The fourth-order valence-corrected chi connectivity index (χ4v) is 1.98. The molecule has 1 saturated heterocycles. The van der Waals surface area contributed by atoms with Crippen LogP contribution in [0.3, 0.4) is 0 Å². The summed E-state index contributed by atoms with van der Waals surface area (Å²) in [5, 5.41) is 8.11. The zero-order valence-corrected chi connectivity index (χ0v) is 9.79. The van der Waals surface area contributed by atoms with Crippen LogP contribution in [0.1, 0.15) is 26.7 Å². The molecule has 1 aliphatic heterocycles. The highest BCUT2D eigenvalue weighted by Gasteiger charge is 1.96. The Balaban J connectivity index is 0.000000223. The number of hydrogen-bond donors (Lipinski definition) is 1. The standard InChI is InChI=1S/C5H8O2.C4H10OSi/c1-3-4(2)5(6)7;1-2-4-6-5-3-1/h3H,1-2H3,(H,6,7);1-4,6H2. The van der Waals surface area contributed by atoms with Gasteiger partial charge in [0.05, 0.1) is 0 Å². The lowest BCUT2D eigenvalue weighted by molar-refractivity contribution is -0.132. The molecule has 0 radical (unpaired) electrons. The van der Waals surface area contributed by atoms with Crippen molar-refractivity contribution in [3.8, 4) is 0 Å². The van der Waals surface area contributed by atoms with E-state index in [2.05, 4.69) is 0 Å². The van der Waals surface area contributed by atoms with E-state index >= 15 is 0 Å². The van der Waals surface area contributed by atoms with Crippen molar-refractivity contribution in [3.05, 3.63) is 11.6 Å². The molecule has 1 N–H and O–H groups in total. The molecule has 13 heavy (non-hydrogen) atoms. The van der Waals surface area contributed by atoms with Crippen molar-refractivity contribution in [2.24, 2.45) is 0 Å². The Morgan fingerprint density at radius 2 is 2.23 bits per heavy atom. The monoisotopic (exact) mass is 202 g/mol. The molecule has 0 aromatic rings. The van der Waals surface area contributed by atoms with Crippen molar-refractivity contribution in [1.82, 2.24) is 0 Å². The Labute approximate surface area is 81.7 Å². The number of carbonyl (C=O) groups is 1. The zero-order chi connectivity index (χ0) is 10.1. The van der Waals surface area contributed by atoms with E-state index in [1.165, 1.54) is 18.9 Å². The molecule has 1 aliphatic rings. The topological polar surface area (TPSA) is 46.5 Å². The van der Waals surface area contributed by atoms with Crippen LogP contribution in [0.15, 0.2) is 11.6 Å². The SMILES string of the molecule is C1CC[SiH2]OC1.CC=C(C)C(=O)O. The smallest absolute Gasteiger partial charge is 0.330 e. The molecule has 0 bridgehead atoms. The van der Waals surface area contributed by atoms with Gasteiger partial charge in [-0.2, -0.15) is 0 Å². The third-order valence-corrected chi connectivity index (χ3v) is 3.21. The fraction of sp³-hybridized carbons (Fsp3) is 0.667. The van der Waals surface area contributed by atoms with E-state index in [1.54, 1.807) is 19.9 Å². The van der Waals surface area contributed by atoms with E-state index in [9.17, 15) is 4.79 Å². The second kappa shape index (κ2) is 8.01. The van der Waals surface area contributed by atoms with E-state index in [-0.39, 0.29) is 9.76 Å². The lowest BCUT2D eigenvalue weighted by Crippen LogP contribution is -2.06. The van der Waals surface area contributed by atoms with Gasteiger partial charge in [0.1, 0.15) is 0 Å². The molecule has 1 heterocycles. The molecule has 1 fully saturated rings. The average molecular weight is 202 g/mol. The number of rotatable bonds is 1. The number of allylic oxidation sites excluding steroid dienone is 1. The van der Waals surface area contributed by atoms with Gasteiger partial charge in [0.2, 0.25) is 0 Å². The molecule has 3 nitrogen and oxygen atoms in total. The van der Waals surface area contributed by atoms with Crippen LogP contribution < -0.4 is 0 Å². The van der Waals surface area contributed by atoms with Gasteiger partial charge in [0.15, 0.2) is 9.76 Å². The van der Waals surface area contributed by atoms with Gasteiger partial charge < -0.3 is 9.53 Å². The van der Waals surface area contributed by atoms with Gasteiger partial charge in [-0.3, -0.25) is 0 Å². The first-order chi connectivity index (χ1) is 6.18. The van der Waals surface area contributed by atoms with Crippen molar-refractivity contribution in [3.63, 3.8) is 0 Å². The van der Waals surface area contributed by atoms with Crippen LogP contribution in [0.5, 0.6) is 0 Å². The van der Waals surface area contributed by atoms with Crippen LogP contribution in [-0.2, 0) is 9.22 Å². The predicted molar refractivity (Wildman–Crippen MR) is 55.6 cm³/mol. The molecule has 0 aromatic carbocycles. The number of hydrogen-bond acceptors (Lipinski definition) is 2. The highest BCUT2D eigenvalue weighted by molar-refractivity contribution is 6.27. The summed E-state index contributed by atoms with van der Waals surface area (Å²) in [5.74, 6) is -0.845. The molecule has 76 valence electrons. The summed E-state index contributed by atoms with van der Waals surface area (Å²) in [5.41, 5.74) is 0.389. The van der Waals surface area contributed by atoms with Crippen molar-refractivity contribution in [1.29, 1.82) is 0 Å². The maximum absolute atomic E-state index is 9.86. The highest BCUT2D eigenvalue weighted by atomic mass is 28.2. The second-order valence-electron chi connectivity index (χ2n) is 2.95. The van der Waals surface area contributed by atoms with Crippen LogP contribution >= 0.6 is 0 Å². The molecule has 4 heteroatoms. The summed E-state index contributed by atoms with van der Waals surface area (Å²) < 4.78 is 5.21. The largest absolute Gasteiger partial charge is 0.478 e. The van der Waals surface area contributed by atoms with E-state index in [0.29, 0.717) is 5.57 Å². The number of aliphatic carboxylic acids is 1. The summed E-state index contributed by atoms with van der Waals surface area (Å²) in [6.07, 6.45) is 4.31. The third kappa shape index (κ3) is 7.74. The summed E-state index contributed by atoms with van der Waals surface area (Å²) in [6, 6.07) is 1.42. The minimum atomic E-state index is -0.845. The zero-order valence-electron chi connectivity index (χ0n) is 8.38. The quantitative estimate of drug-likeness (QED) is 0.515. The fourth-order valence-electron chi connectivity index (χ4n) is 0.811. The summed E-state index contributed by atoms with van der Waals surface area (Å²) in [7, 11) is 0.00849. The van der Waals surface area contributed by atoms with Gasteiger partial charge in [-0.05, 0) is 26.3 Å². The Hall–Kier alpha value is -0.613. The van der Waals surface area contributed by atoms with Crippen LogP contribution in [0, 0.1) is 0 Å². The maximum atomic E-state index is 9.86. The molecule has 0 unspecified atom stereocenters. The van der Waals surface area contributed by atoms with Crippen LogP contribution in [-0.4, -0.2) is 27.4 Å². The first-order valence-electron chi connectivity index (χ1n) is 4.62. The van der Waals surface area contributed by atoms with Crippen LogP contribution in [0.25, 0.3) is 0 Å². The number of carboxylic acid groups (broad SMARTS) is 1. The minimum Gasteiger partial charge on any atom is -0.478 e. The summed E-state index contributed by atoms with van der Waals surface area (Å²) in [6.45, 7) is 4.32. The molecule has 1 rings (SSSR count). The predicted octanol–water partition coefficient (Wildman–Crippen LogP) is 1.34. The van der Waals surface area contributed by atoms with Gasteiger partial charge in [-0.25, -0.2) is 4.79 Å². The van der Waals surface area contributed by atoms with Crippen molar-refractivity contribution >= 4 is 15.7 Å². The van der Waals surface area contributed by atoms with Gasteiger partial charge >= 0.3 is 5.97 Å². The Morgan fingerprint density at radius 3 is 2.31 bits per heavy atom. The molecule has 0 aliphatic carbocycles. The van der Waals surface area contributed by atoms with E-state index < -0.39 is 5.97 Å². The summed E-state index contributed by atoms with van der Waals surface area (Å²) in [4.78, 5) is 9.86. The van der Waals surface area contributed by atoms with Gasteiger partial charge in [-0.1, -0.05) is 12.5 Å². The number of carboxylic acids is 1. The Bertz CT molecular complexity index is 162. The molecule has 0 saturated carbocycles. The molecule has 0 amide bonds. The third-order valence-electron chi connectivity index (χ3n) is 1.85. The summed E-state index contributed by atoms with van der Waals surface area (Å²) >= 11 is 0. The lowest BCUT2D eigenvalue weighted by atomic mass is 10.3.